The van der Waals surface area contributed by atoms with Crippen molar-refractivity contribution >= 4 is 15.9 Å². The van der Waals surface area contributed by atoms with Gasteiger partial charge in [-0.15, -0.1) is 0 Å². The van der Waals surface area contributed by atoms with Crippen LogP contribution in [0.5, 0.6) is 11.5 Å². The third-order valence-corrected chi connectivity index (χ3v) is 3.49. The minimum Gasteiger partial charge on any atom is -0.496 e. The molecule has 0 aliphatic carbocycles. The van der Waals surface area contributed by atoms with E-state index in [0.717, 1.165) is 0 Å². The summed E-state index contributed by atoms with van der Waals surface area (Å²) in [6.45, 7) is 0. The van der Waals surface area contributed by atoms with Gasteiger partial charge in [0, 0.05) is 10.0 Å². The maximum absolute atomic E-state index is 13.9. The van der Waals surface area contributed by atoms with E-state index in [4.69, 9.17) is 9.47 Å². The van der Waals surface area contributed by atoms with Crippen molar-refractivity contribution in [2.24, 2.45) is 0 Å². The van der Waals surface area contributed by atoms with Gasteiger partial charge in [0.1, 0.15) is 23.4 Å². The minimum absolute atomic E-state index is 0.155. The van der Waals surface area contributed by atoms with Crippen molar-refractivity contribution in [1.29, 1.82) is 0 Å². The van der Waals surface area contributed by atoms with E-state index in [1.807, 2.05) is 0 Å². The highest BCUT2D eigenvalue weighted by Gasteiger charge is 2.23. The molecule has 0 aliphatic heterocycles. The van der Waals surface area contributed by atoms with Crippen LogP contribution in [0.4, 0.5) is 4.39 Å². The van der Waals surface area contributed by atoms with Gasteiger partial charge >= 0.3 is 0 Å². The molecule has 0 amide bonds. The fourth-order valence-corrected chi connectivity index (χ4v) is 2.41. The molecule has 2 rings (SSSR count). The van der Waals surface area contributed by atoms with Crippen molar-refractivity contribution in [2.45, 2.75) is 6.10 Å². The lowest BCUT2D eigenvalue weighted by molar-refractivity contribution is 0.204. The van der Waals surface area contributed by atoms with Crippen molar-refractivity contribution < 1.29 is 19.0 Å². The molecule has 3 nitrogen and oxygen atoms in total. The van der Waals surface area contributed by atoms with E-state index >= 15 is 0 Å². The number of rotatable bonds is 4. The quantitative estimate of drug-likeness (QED) is 0.922. The van der Waals surface area contributed by atoms with E-state index in [9.17, 15) is 9.50 Å². The van der Waals surface area contributed by atoms with Crippen molar-refractivity contribution in [2.75, 3.05) is 14.2 Å². The summed E-state index contributed by atoms with van der Waals surface area (Å²) in [5, 5.41) is 10.5. The zero-order valence-electron chi connectivity index (χ0n) is 11.1. The van der Waals surface area contributed by atoms with Gasteiger partial charge in [0.05, 0.1) is 19.8 Å². The second kappa shape index (κ2) is 6.24. The molecule has 0 saturated carbocycles. The fourth-order valence-electron chi connectivity index (χ4n) is 2.03. The summed E-state index contributed by atoms with van der Waals surface area (Å²) in [5.74, 6) is 0.390. The molecule has 2 aromatic rings. The second-order valence-corrected chi connectivity index (χ2v) is 5.06. The van der Waals surface area contributed by atoms with Crippen LogP contribution in [0.3, 0.4) is 0 Å². The molecule has 0 spiro atoms. The number of ether oxygens (including phenoxy) is 2. The number of aliphatic hydroxyl groups excluding tert-OH is 1. The molecule has 20 heavy (non-hydrogen) atoms. The smallest absolute Gasteiger partial charge is 0.129 e. The molecule has 5 heteroatoms. The Morgan fingerprint density at radius 3 is 2.25 bits per heavy atom. The molecule has 0 radical (unpaired) electrons. The van der Waals surface area contributed by atoms with Gasteiger partial charge < -0.3 is 14.6 Å². The van der Waals surface area contributed by atoms with Crippen molar-refractivity contribution in [3.05, 3.63) is 57.8 Å². The predicted octanol–water partition coefficient (Wildman–Crippen LogP) is 3.69. The Bertz CT molecular complexity index is 594. The molecule has 0 aliphatic rings. The average molecular weight is 341 g/mol. The van der Waals surface area contributed by atoms with E-state index in [2.05, 4.69) is 15.9 Å². The highest BCUT2D eigenvalue weighted by Crippen LogP contribution is 2.38. The molecule has 0 bridgehead atoms. The van der Waals surface area contributed by atoms with Gasteiger partial charge in [0.15, 0.2) is 0 Å². The highest BCUT2D eigenvalue weighted by molar-refractivity contribution is 9.10. The Morgan fingerprint density at radius 2 is 1.70 bits per heavy atom. The maximum Gasteiger partial charge on any atom is 0.129 e. The van der Waals surface area contributed by atoms with E-state index in [1.54, 1.807) is 24.3 Å². The summed E-state index contributed by atoms with van der Waals surface area (Å²) in [4.78, 5) is 0. The topological polar surface area (TPSA) is 38.7 Å². The van der Waals surface area contributed by atoms with Crippen LogP contribution in [0.15, 0.2) is 40.9 Å². The molecule has 1 atom stereocenters. The average Bonchev–Trinajstić information content (AvgIpc) is 2.48. The molecule has 106 valence electrons. The van der Waals surface area contributed by atoms with Crippen molar-refractivity contribution in [3.8, 4) is 11.5 Å². The van der Waals surface area contributed by atoms with Gasteiger partial charge in [-0.25, -0.2) is 4.39 Å². The molecule has 2 aromatic carbocycles. The first-order valence-corrected chi connectivity index (χ1v) is 6.71. The monoisotopic (exact) mass is 340 g/mol. The van der Waals surface area contributed by atoms with Crippen molar-refractivity contribution in [3.63, 3.8) is 0 Å². The molecule has 1 unspecified atom stereocenters. The van der Waals surface area contributed by atoms with Gasteiger partial charge in [-0.05, 0) is 30.3 Å². The number of hydrogen-bond acceptors (Lipinski definition) is 3. The van der Waals surface area contributed by atoms with Crippen LogP contribution in [0.25, 0.3) is 0 Å². The normalized spacial score (nSPS) is 12.1. The lowest BCUT2D eigenvalue weighted by Crippen LogP contribution is -2.07. The number of methoxy groups -OCH3 is 2. The molecular weight excluding hydrogens is 327 g/mol. The third kappa shape index (κ3) is 2.78. The second-order valence-electron chi connectivity index (χ2n) is 4.14. The molecule has 0 aromatic heterocycles. The Kier molecular flexibility index (Phi) is 4.62. The Morgan fingerprint density at radius 1 is 1.10 bits per heavy atom. The molecule has 0 fully saturated rings. The van der Waals surface area contributed by atoms with Gasteiger partial charge in [-0.1, -0.05) is 22.0 Å². The van der Waals surface area contributed by atoms with E-state index < -0.39 is 11.9 Å². The van der Waals surface area contributed by atoms with E-state index in [1.165, 1.54) is 26.4 Å². The summed E-state index contributed by atoms with van der Waals surface area (Å²) >= 11 is 3.27. The van der Waals surface area contributed by atoms with E-state index in [0.29, 0.717) is 21.5 Å². The van der Waals surface area contributed by atoms with Crippen LogP contribution in [-0.2, 0) is 0 Å². The van der Waals surface area contributed by atoms with Crippen LogP contribution in [0.2, 0.25) is 0 Å². The summed E-state index contributed by atoms with van der Waals surface area (Å²) in [7, 11) is 2.98. The fraction of sp³-hybridized carbons (Fsp3) is 0.200. The standard InChI is InChI=1S/C15H14BrFO3/c1-19-12-4-3-5-13(20-2)14(12)15(18)10-8-9(16)6-7-11(10)17/h3-8,15,18H,1-2H3. The molecule has 1 N–H and O–H groups in total. The van der Waals surface area contributed by atoms with Gasteiger partial charge in [-0.3, -0.25) is 0 Å². The molecule has 0 saturated heterocycles. The lowest BCUT2D eigenvalue weighted by atomic mass is 9.99. The largest absolute Gasteiger partial charge is 0.496 e. The van der Waals surface area contributed by atoms with Crippen LogP contribution in [-0.4, -0.2) is 19.3 Å². The first kappa shape index (κ1) is 14.8. The zero-order chi connectivity index (χ0) is 14.7. The molecular formula is C15H14BrFO3. The van der Waals surface area contributed by atoms with Gasteiger partial charge in [0.2, 0.25) is 0 Å². The predicted molar refractivity (Wildman–Crippen MR) is 77.7 cm³/mol. The Balaban J connectivity index is 2.58. The number of aliphatic hydroxyl groups is 1. The molecule has 0 heterocycles. The lowest BCUT2D eigenvalue weighted by Gasteiger charge is -2.19. The first-order chi connectivity index (χ1) is 9.58. The summed E-state index contributed by atoms with van der Waals surface area (Å²) < 4.78 is 25.0. The minimum atomic E-state index is -1.18. The summed E-state index contributed by atoms with van der Waals surface area (Å²) in [5.41, 5.74) is 0.552. The Labute approximate surface area is 125 Å². The van der Waals surface area contributed by atoms with Crippen LogP contribution < -0.4 is 9.47 Å². The number of hydrogen-bond donors (Lipinski definition) is 1. The third-order valence-electron chi connectivity index (χ3n) is 2.99. The number of halogens is 2. The number of benzene rings is 2. The Hall–Kier alpha value is -1.59. The summed E-state index contributed by atoms with van der Waals surface area (Å²) in [6.07, 6.45) is -1.18. The first-order valence-electron chi connectivity index (χ1n) is 5.92. The zero-order valence-corrected chi connectivity index (χ0v) is 12.6. The maximum atomic E-state index is 13.9. The SMILES string of the molecule is COc1cccc(OC)c1C(O)c1cc(Br)ccc1F. The van der Waals surface area contributed by atoms with Crippen LogP contribution in [0.1, 0.15) is 17.2 Å². The summed E-state index contributed by atoms with van der Waals surface area (Å²) in [6, 6.07) is 9.53. The van der Waals surface area contributed by atoms with Crippen LogP contribution in [0, 0.1) is 5.82 Å². The van der Waals surface area contributed by atoms with Crippen LogP contribution >= 0.6 is 15.9 Å². The van der Waals surface area contributed by atoms with Gasteiger partial charge in [-0.2, -0.15) is 0 Å². The van der Waals surface area contributed by atoms with Crippen molar-refractivity contribution in [1.82, 2.24) is 0 Å². The highest BCUT2D eigenvalue weighted by atomic mass is 79.9. The van der Waals surface area contributed by atoms with Gasteiger partial charge in [0.25, 0.3) is 0 Å². The van der Waals surface area contributed by atoms with E-state index in [-0.39, 0.29) is 5.56 Å².